The molecule has 0 heterocycles. The smallest absolute Gasteiger partial charge is 0.262 e. The molecular weight excluding hydrogens is 436 g/mol. The second-order valence-corrected chi connectivity index (χ2v) is 9.31. The van der Waals surface area contributed by atoms with Crippen LogP contribution in [0.1, 0.15) is 16.7 Å². The van der Waals surface area contributed by atoms with Crippen molar-refractivity contribution in [1.82, 2.24) is 0 Å². The Kier molecular flexibility index (Phi) is 6.87. The van der Waals surface area contributed by atoms with E-state index in [1.807, 2.05) is 32.9 Å². The molecule has 3 aromatic rings. The number of amides is 1. The molecular formula is C23H23ClN2O4S. The quantitative estimate of drug-likeness (QED) is 0.516. The zero-order chi connectivity index (χ0) is 22.6. The zero-order valence-corrected chi connectivity index (χ0v) is 19.0. The molecule has 0 saturated heterocycles. The van der Waals surface area contributed by atoms with Gasteiger partial charge in [0, 0.05) is 10.7 Å². The van der Waals surface area contributed by atoms with Gasteiger partial charge in [-0.3, -0.25) is 9.52 Å². The van der Waals surface area contributed by atoms with E-state index in [4.69, 9.17) is 16.3 Å². The highest BCUT2D eigenvalue weighted by Crippen LogP contribution is 2.25. The van der Waals surface area contributed by atoms with E-state index in [9.17, 15) is 13.2 Å². The van der Waals surface area contributed by atoms with Gasteiger partial charge < -0.3 is 10.1 Å². The van der Waals surface area contributed by atoms with Crippen molar-refractivity contribution in [3.63, 3.8) is 0 Å². The Morgan fingerprint density at radius 2 is 1.52 bits per heavy atom. The van der Waals surface area contributed by atoms with Gasteiger partial charge in [0.15, 0.2) is 6.61 Å². The monoisotopic (exact) mass is 458 g/mol. The second-order valence-electron chi connectivity index (χ2n) is 7.19. The maximum Gasteiger partial charge on any atom is 0.262 e. The van der Waals surface area contributed by atoms with Crippen LogP contribution < -0.4 is 14.8 Å². The molecule has 0 aliphatic rings. The van der Waals surface area contributed by atoms with Crippen molar-refractivity contribution in [2.75, 3.05) is 16.6 Å². The minimum absolute atomic E-state index is 0.0993. The van der Waals surface area contributed by atoms with Crippen molar-refractivity contribution in [3.05, 3.63) is 82.4 Å². The summed E-state index contributed by atoms with van der Waals surface area (Å²) >= 11 is 5.81. The number of ether oxygens (including phenoxy) is 1. The van der Waals surface area contributed by atoms with Gasteiger partial charge in [-0.1, -0.05) is 29.3 Å². The lowest BCUT2D eigenvalue weighted by Gasteiger charge is -2.14. The van der Waals surface area contributed by atoms with Crippen LogP contribution in [0.5, 0.6) is 5.75 Å². The molecule has 162 valence electrons. The van der Waals surface area contributed by atoms with E-state index in [0.717, 1.165) is 16.7 Å². The van der Waals surface area contributed by atoms with Gasteiger partial charge in [-0.25, -0.2) is 8.42 Å². The van der Waals surface area contributed by atoms with Crippen molar-refractivity contribution in [1.29, 1.82) is 0 Å². The number of halogens is 1. The molecule has 2 N–H and O–H groups in total. The molecule has 0 unspecified atom stereocenters. The van der Waals surface area contributed by atoms with Crippen LogP contribution in [-0.2, 0) is 14.8 Å². The van der Waals surface area contributed by atoms with Crippen LogP contribution in [0.3, 0.4) is 0 Å². The second kappa shape index (κ2) is 9.41. The third-order valence-corrected chi connectivity index (χ3v) is 6.16. The molecule has 8 heteroatoms. The van der Waals surface area contributed by atoms with E-state index in [1.165, 1.54) is 24.3 Å². The highest BCUT2D eigenvalue weighted by Gasteiger charge is 2.17. The van der Waals surface area contributed by atoms with Crippen molar-refractivity contribution in [3.8, 4) is 5.75 Å². The summed E-state index contributed by atoms with van der Waals surface area (Å²) in [6, 6.07) is 16.5. The van der Waals surface area contributed by atoms with E-state index in [2.05, 4.69) is 10.0 Å². The summed E-state index contributed by atoms with van der Waals surface area (Å²) in [7, 11) is -3.76. The van der Waals surface area contributed by atoms with Crippen LogP contribution >= 0.6 is 11.6 Å². The zero-order valence-electron chi connectivity index (χ0n) is 17.4. The summed E-state index contributed by atoms with van der Waals surface area (Å²) in [6.45, 7) is 5.51. The minimum atomic E-state index is -3.76. The van der Waals surface area contributed by atoms with E-state index < -0.39 is 10.0 Å². The number of sulfonamides is 1. The number of hydrogen-bond acceptors (Lipinski definition) is 4. The van der Waals surface area contributed by atoms with E-state index >= 15 is 0 Å². The predicted molar refractivity (Wildman–Crippen MR) is 123 cm³/mol. The standard InChI is InChI=1S/C23H23ClN2O4S/c1-15-12-16(2)23(17(3)13-15)26-31(28,29)21-10-6-19(7-11-21)25-22(27)14-30-20-8-4-18(24)5-9-20/h4-13,26H,14H2,1-3H3,(H,25,27). The molecule has 0 fully saturated rings. The summed E-state index contributed by atoms with van der Waals surface area (Å²) in [6.07, 6.45) is 0. The summed E-state index contributed by atoms with van der Waals surface area (Å²) in [5.41, 5.74) is 3.81. The normalized spacial score (nSPS) is 11.1. The number of rotatable bonds is 7. The fourth-order valence-electron chi connectivity index (χ4n) is 3.13. The number of carbonyl (C=O) groups excluding carboxylic acids is 1. The lowest BCUT2D eigenvalue weighted by atomic mass is 10.1. The summed E-state index contributed by atoms with van der Waals surface area (Å²) < 4.78 is 33.6. The Bertz CT molecular complexity index is 1170. The van der Waals surface area contributed by atoms with Crippen molar-refractivity contribution in [2.24, 2.45) is 0 Å². The van der Waals surface area contributed by atoms with Crippen molar-refractivity contribution < 1.29 is 17.9 Å². The van der Waals surface area contributed by atoms with Gasteiger partial charge in [0.25, 0.3) is 15.9 Å². The molecule has 0 aromatic heterocycles. The lowest BCUT2D eigenvalue weighted by Crippen LogP contribution is -2.20. The van der Waals surface area contributed by atoms with Crippen LogP contribution in [0.4, 0.5) is 11.4 Å². The van der Waals surface area contributed by atoms with Gasteiger partial charge in [0.2, 0.25) is 0 Å². The molecule has 0 radical (unpaired) electrons. The molecule has 0 atom stereocenters. The minimum Gasteiger partial charge on any atom is -0.484 e. The molecule has 6 nitrogen and oxygen atoms in total. The Hall–Kier alpha value is -3.03. The fraction of sp³-hybridized carbons (Fsp3) is 0.174. The molecule has 31 heavy (non-hydrogen) atoms. The van der Waals surface area contributed by atoms with Crippen molar-refractivity contribution in [2.45, 2.75) is 25.7 Å². The maximum absolute atomic E-state index is 12.8. The Morgan fingerprint density at radius 1 is 0.935 bits per heavy atom. The first-order valence-corrected chi connectivity index (χ1v) is 11.4. The molecule has 3 aromatic carbocycles. The number of anilines is 2. The van der Waals surface area contributed by atoms with E-state index in [0.29, 0.717) is 22.1 Å². The Labute approximate surface area is 187 Å². The van der Waals surface area contributed by atoms with Gasteiger partial charge in [-0.15, -0.1) is 0 Å². The Balaban J connectivity index is 1.63. The van der Waals surface area contributed by atoms with Crippen LogP contribution in [-0.4, -0.2) is 20.9 Å². The van der Waals surface area contributed by atoms with Crippen LogP contribution in [0.15, 0.2) is 65.6 Å². The number of aryl methyl sites for hydroxylation is 3. The first-order valence-electron chi connectivity index (χ1n) is 9.53. The van der Waals surface area contributed by atoms with Crippen LogP contribution in [0, 0.1) is 20.8 Å². The first-order chi connectivity index (χ1) is 14.6. The topological polar surface area (TPSA) is 84.5 Å². The SMILES string of the molecule is Cc1cc(C)c(NS(=O)(=O)c2ccc(NC(=O)COc3ccc(Cl)cc3)cc2)c(C)c1. The van der Waals surface area contributed by atoms with Gasteiger partial charge in [-0.2, -0.15) is 0 Å². The average molecular weight is 459 g/mol. The molecule has 0 aliphatic carbocycles. The molecule has 0 spiro atoms. The average Bonchev–Trinajstić information content (AvgIpc) is 2.71. The predicted octanol–water partition coefficient (Wildman–Crippen LogP) is 5.08. The highest BCUT2D eigenvalue weighted by molar-refractivity contribution is 7.92. The highest BCUT2D eigenvalue weighted by atomic mass is 35.5. The lowest BCUT2D eigenvalue weighted by molar-refractivity contribution is -0.118. The van der Waals surface area contributed by atoms with E-state index in [1.54, 1.807) is 24.3 Å². The van der Waals surface area contributed by atoms with Crippen molar-refractivity contribution >= 4 is 38.9 Å². The van der Waals surface area contributed by atoms with Gasteiger partial charge in [-0.05, 0) is 80.4 Å². The number of benzene rings is 3. The molecule has 0 saturated carbocycles. The Morgan fingerprint density at radius 3 is 2.10 bits per heavy atom. The van der Waals surface area contributed by atoms with Crippen LogP contribution in [0.2, 0.25) is 5.02 Å². The number of carbonyl (C=O) groups is 1. The summed E-state index contributed by atoms with van der Waals surface area (Å²) in [5.74, 6) is 0.156. The number of hydrogen-bond donors (Lipinski definition) is 2. The first kappa shape index (κ1) is 22.7. The third-order valence-electron chi connectivity index (χ3n) is 4.55. The number of nitrogens with one attached hydrogen (secondary N) is 2. The molecule has 1 amide bonds. The van der Waals surface area contributed by atoms with Gasteiger partial charge in [0.1, 0.15) is 5.75 Å². The maximum atomic E-state index is 12.8. The van der Waals surface area contributed by atoms with Gasteiger partial charge >= 0.3 is 0 Å². The largest absolute Gasteiger partial charge is 0.484 e. The summed E-state index contributed by atoms with van der Waals surface area (Å²) in [5, 5.41) is 3.25. The van der Waals surface area contributed by atoms with Gasteiger partial charge in [0.05, 0.1) is 10.6 Å². The summed E-state index contributed by atoms with van der Waals surface area (Å²) in [4.78, 5) is 12.2. The van der Waals surface area contributed by atoms with E-state index in [-0.39, 0.29) is 17.4 Å². The third kappa shape index (κ3) is 5.99. The fourth-order valence-corrected chi connectivity index (χ4v) is 4.46. The molecule has 3 rings (SSSR count). The molecule has 0 aliphatic heterocycles. The van der Waals surface area contributed by atoms with Crippen LogP contribution in [0.25, 0.3) is 0 Å². The molecule has 0 bridgehead atoms.